The average molecular weight is 224 g/mol. The van der Waals surface area contributed by atoms with Crippen molar-refractivity contribution in [1.29, 1.82) is 0 Å². The van der Waals surface area contributed by atoms with E-state index in [0.29, 0.717) is 21.9 Å². The van der Waals surface area contributed by atoms with Gasteiger partial charge in [0.15, 0.2) is 0 Å². The molecule has 0 bridgehead atoms. The number of benzene rings is 2. The minimum atomic E-state index is -0.523. The molecule has 0 saturated carbocycles. The summed E-state index contributed by atoms with van der Waals surface area (Å²) >= 11 is 0. The molecule has 0 spiro atoms. The first kappa shape index (κ1) is 9.78. The van der Waals surface area contributed by atoms with Gasteiger partial charge in [-0.3, -0.25) is 9.59 Å². The van der Waals surface area contributed by atoms with Crippen LogP contribution in [0.5, 0.6) is 0 Å². The van der Waals surface area contributed by atoms with E-state index in [-0.39, 0.29) is 0 Å². The van der Waals surface area contributed by atoms with Gasteiger partial charge < -0.3 is 4.42 Å². The maximum absolute atomic E-state index is 12.0. The Morgan fingerprint density at radius 1 is 0.647 bits per heavy atom. The first-order chi connectivity index (χ1) is 8.27. The van der Waals surface area contributed by atoms with Gasteiger partial charge in [0, 0.05) is 0 Å². The highest BCUT2D eigenvalue weighted by Crippen LogP contribution is 2.13. The summed E-state index contributed by atoms with van der Waals surface area (Å²) in [6.45, 7) is 0. The molecule has 0 unspecified atom stereocenters. The molecule has 3 aromatic rings. The first-order valence-electron chi connectivity index (χ1n) is 5.22. The van der Waals surface area contributed by atoms with Gasteiger partial charge in [-0.1, -0.05) is 24.3 Å². The molecule has 0 aliphatic heterocycles. The van der Waals surface area contributed by atoms with Gasteiger partial charge in [-0.25, -0.2) is 0 Å². The summed E-state index contributed by atoms with van der Waals surface area (Å²) in [6, 6.07) is 13.5. The Kier molecular flexibility index (Phi) is 2.05. The van der Waals surface area contributed by atoms with E-state index in [1.54, 1.807) is 48.5 Å². The van der Waals surface area contributed by atoms with Gasteiger partial charge in [0.05, 0.1) is 10.8 Å². The van der Waals surface area contributed by atoms with E-state index < -0.39 is 10.9 Å². The number of rotatable bonds is 0. The molecule has 1 aromatic heterocycles. The molecule has 0 fully saturated rings. The molecule has 0 saturated heterocycles. The number of hydrogen-bond donors (Lipinski definition) is 0. The summed E-state index contributed by atoms with van der Waals surface area (Å²) in [5, 5.41) is 0.627. The van der Waals surface area contributed by atoms with E-state index in [9.17, 15) is 9.59 Å². The van der Waals surface area contributed by atoms with Crippen molar-refractivity contribution in [2.24, 2.45) is 0 Å². The van der Waals surface area contributed by atoms with Crippen LogP contribution in [0, 0.1) is 0 Å². The van der Waals surface area contributed by atoms with Crippen molar-refractivity contribution < 1.29 is 4.42 Å². The van der Waals surface area contributed by atoms with Crippen molar-refractivity contribution >= 4 is 21.9 Å². The topological polar surface area (TPSA) is 47.3 Å². The fraction of sp³-hybridized carbons (Fsp3) is 0. The van der Waals surface area contributed by atoms with E-state index in [2.05, 4.69) is 0 Å². The molecule has 0 aliphatic carbocycles. The zero-order valence-electron chi connectivity index (χ0n) is 8.84. The molecule has 0 radical (unpaired) electrons. The van der Waals surface area contributed by atoms with Crippen molar-refractivity contribution in [3.8, 4) is 0 Å². The van der Waals surface area contributed by atoms with Gasteiger partial charge in [0.25, 0.3) is 0 Å². The molecule has 1 heterocycles. The standard InChI is InChI=1S/C14H8O3/c15-13-9-5-1-3-7-11(9)17-12-8-4-2-6-10(12)14(13)16/h1-8H. The van der Waals surface area contributed by atoms with Crippen molar-refractivity contribution in [2.45, 2.75) is 0 Å². The van der Waals surface area contributed by atoms with Gasteiger partial charge >= 0.3 is 0 Å². The number of fused-ring (bicyclic) bond motifs is 2. The van der Waals surface area contributed by atoms with Crippen LogP contribution in [0.15, 0.2) is 62.5 Å². The van der Waals surface area contributed by atoms with E-state index in [4.69, 9.17) is 4.42 Å². The maximum atomic E-state index is 12.0. The van der Waals surface area contributed by atoms with Gasteiger partial charge in [-0.2, -0.15) is 0 Å². The third-order valence-corrected chi connectivity index (χ3v) is 2.69. The van der Waals surface area contributed by atoms with Crippen molar-refractivity contribution in [1.82, 2.24) is 0 Å². The lowest BCUT2D eigenvalue weighted by Crippen LogP contribution is -2.20. The molecular formula is C14H8O3. The molecule has 0 amide bonds. The minimum absolute atomic E-state index is 0.314. The van der Waals surface area contributed by atoms with Crippen LogP contribution in [0.25, 0.3) is 21.9 Å². The Morgan fingerprint density at radius 3 is 1.53 bits per heavy atom. The van der Waals surface area contributed by atoms with E-state index in [0.717, 1.165) is 0 Å². The second-order valence-corrected chi connectivity index (χ2v) is 3.75. The Labute approximate surface area is 95.9 Å². The van der Waals surface area contributed by atoms with Crippen LogP contribution in [0.2, 0.25) is 0 Å². The molecule has 3 rings (SSSR count). The van der Waals surface area contributed by atoms with Crippen LogP contribution in [-0.2, 0) is 0 Å². The first-order valence-corrected chi connectivity index (χ1v) is 5.22. The van der Waals surface area contributed by atoms with E-state index in [1.165, 1.54) is 0 Å². The zero-order valence-corrected chi connectivity index (χ0v) is 8.84. The van der Waals surface area contributed by atoms with Crippen molar-refractivity contribution in [3.05, 3.63) is 69.0 Å². The Hall–Kier alpha value is -2.42. The molecule has 3 nitrogen and oxygen atoms in total. The van der Waals surface area contributed by atoms with Crippen LogP contribution in [0.1, 0.15) is 0 Å². The zero-order chi connectivity index (χ0) is 11.8. The summed E-state index contributed by atoms with van der Waals surface area (Å²) in [7, 11) is 0. The summed E-state index contributed by atoms with van der Waals surface area (Å²) in [6.07, 6.45) is 0. The summed E-state index contributed by atoms with van der Waals surface area (Å²) in [5.41, 5.74) is -0.192. The number of hydrogen-bond acceptors (Lipinski definition) is 3. The Balaban J connectivity index is 2.77. The summed E-state index contributed by atoms with van der Waals surface area (Å²) < 4.78 is 5.60. The minimum Gasteiger partial charge on any atom is -0.456 e. The highest BCUT2D eigenvalue weighted by Gasteiger charge is 2.06. The molecule has 0 N–H and O–H groups in total. The molecule has 3 heteroatoms. The SMILES string of the molecule is O=c1c(=O)c2ccccc2oc2ccccc12. The van der Waals surface area contributed by atoms with Crippen molar-refractivity contribution in [2.75, 3.05) is 0 Å². The van der Waals surface area contributed by atoms with Crippen molar-refractivity contribution in [3.63, 3.8) is 0 Å². The summed E-state index contributed by atoms with van der Waals surface area (Å²) in [5.74, 6) is 0. The smallest absolute Gasteiger partial charge is 0.237 e. The fourth-order valence-electron chi connectivity index (χ4n) is 1.85. The van der Waals surface area contributed by atoms with Crippen LogP contribution in [0.4, 0.5) is 0 Å². The van der Waals surface area contributed by atoms with E-state index >= 15 is 0 Å². The van der Waals surface area contributed by atoms with Crippen LogP contribution < -0.4 is 10.9 Å². The molecule has 0 aliphatic rings. The highest BCUT2D eigenvalue weighted by atomic mass is 16.3. The average Bonchev–Trinajstić information content (AvgIpc) is 2.48. The third kappa shape index (κ3) is 1.44. The van der Waals surface area contributed by atoms with Gasteiger partial charge in [0.1, 0.15) is 11.2 Å². The third-order valence-electron chi connectivity index (χ3n) is 2.69. The summed E-state index contributed by atoms with van der Waals surface area (Å²) in [4.78, 5) is 23.9. The number of para-hydroxylation sites is 2. The molecule has 2 aromatic carbocycles. The Morgan fingerprint density at radius 2 is 1.06 bits per heavy atom. The highest BCUT2D eigenvalue weighted by molar-refractivity contribution is 5.83. The van der Waals surface area contributed by atoms with Gasteiger partial charge in [0.2, 0.25) is 10.9 Å². The van der Waals surface area contributed by atoms with Crippen LogP contribution in [0.3, 0.4) is 0 Å². The van der Waals surface area contributed by atoms with Crippen LogP contribution >= 0.6 is 0 Å². The van der Waals surface area contributed by atoms with Gasteiger partial charge in [-0.05, 0) is 24.3 Å². The normalized spacial score (nSPS) is 10.8. The van der Waals surface area contributed by atoms with Crippen LogP contribution in [-0.4, -0.2) is 0 Å². The molecular weight excluding hydrogens is 216 g/mol. The Bertz CT molecular complexity index is 762. The molecule has 0 atom stereocenters. The predicted octanol–water partition coefficient (Wildman–Crippen LogP) is 2.31. The fourth-order valence-corrected chi connectivity index (χ4v) is 1.85. The lowest BCUT2D eigenvalue weighted by molar-refractivity contribution is 0.663. The maximum Gasteiger partial charge on any atom is 0.237 e. The predicted molar refractivity (Wildman–Crippen MR) is 66.3 cm³/mol. The monoisotopic (exact) mass is 224 g/mol. The second kappa shape index (κ2) is 3.56. The lowest BCUT2D eigenvalue weighted by atomic mass is 10.2. The molecule has 17 heavy (non-hydrogen) atoms. The second-order valence-electron chi connectivity index (χ2n) is 3.75. The molecule has 82 valence electrons. The quantitative estimate of drug-likeness (QED) is 0.550. The van der Waals surface area contributed by atoms with Gasteiger partial charge in [-0.15, -0.1) is 0 Å². The largest absolute Gasteiger partial charge is 0.456 e. The van der Waals surface area contributed by atoms with E-state index in [1.807, 2.05) is 0 Å². The lowest BCUT2D eigenvalue weighted by Gasteiger charge is -1.90.